The van der Waals surface area contributed by atoms with Crippen LogP contribution in [0.4, 0.5) is 0 Å². The Balaban J connectivity index is 1.29. The minimum Gasteiger partial charge on any atom is -0.459 e. The zero-order valence-electron chi connectivity index (χ0n) is 13.0. The first-order valence-corrected chi connectivity index (χ1v) is 9.42. The maximum absolute atomic E-state index is 5.68. The Labute approximate surface area is 152 Å². The first kappa shape index (κ1) is 16.0. The maximum Gasteiger partial charge on any atom is 0.283 e. The highest BCUT2D eigenvalue weighted by Gasteiger charge is 2.20. The second kappa shape index (κ2) is 7.18. The van der Waals surface area contributed by atoms with Gasteiger partial charge < -0.3 is 8.83 Å². The van der Waals surface area contributed by atoms with Crippen LogP contribution in [0.1, 0.15) is 10.8 Å². The van der Waals surface area contributed by atoms with Crippen LogP contribution in [0.3, 0.4) is 0 Å². The van der Waals surface area contributed by atoms with Crippen LogP contribution >= 0.6 is 27.3 Å². The van der Waals surface area contributed by atoms with E-state index in [0.29, 0.717) is 24.1 Å². The number of hydrogen-bond donors (Lipinski definition) is 0. The Bertz CT molecular complexity index is 778. The Morgan fingerprint density at radius 1 is 1.04 bits per heavy atom. The van der Waals surface area contributed by atoms with E-state index in [9.17, 15) is 0 Å². The van der Waals surface area contributed by atoms with Gasteiger partial charge >= 0.3 is 0 Å². The van der Waals surface area contributed by atoms with E-state index in [4.69, 9.17) is 8.83 Å². The first-order chi connectivity index (χ1) is 11.8. The lowest BCUT2D eigenvalue weighted by Crippen LogP contribution is -2.45. The van der Waals surface area contributed by atoms with Crippen molar-refractivity contribution in [3.63, 3.8) is 0 Å². The summed E-state index contributed by atoms with van der Waals surface area (Å²) in [4.78, 5) is 6.23. The predicted molar refractivity (Wildman–Crippen MR) is 94.6 cm³/mol. The summed E-state index contributed by atoms with van der Waals surface area (Å²) in [6, 6.07) is 7.93. The molecule has 4 rings (SSSR count). The van der Waals surface area contributed by atoms with E-state index in [2.05, 4.69) is 48.1 Å². The molecule has 4 heterocycles. The van der Waals surface area contributed by atoms with Crippen LogP contribution in [-0.2, 0) is 13.1 Å². The number of aromatic nitrogens is 2. The molecule has 1 aliphatic heterocycles. The minimum absolute atomic E-state index is 0.442. The summed E-state index contributed by atoms with van der Waals surface area (Å²) in [7, 11) is 0. The molecule has 0 radical (unpaired) electrons. The van der Waals surface area contributed by atoms with Crippen molar-refractivity contribution < 1.29 is 8.83 Å². The van der Waals surface area contributed by atoms with Gasteiger partial charge in [0.2, 0.25) is 5.89 Å². The van der Waals surface area contributed by atoms with Crippen molar-refractivity contribution in [2.75, 3.05) is 26.2 Å². The number of piperazine rings is 1. The van der Waals surface area contributed by atoms with Crippen molar-refractivity contribution in [1.29, 1.82) is 0 Å². The third-order valence-corrected chi connectivity index (χ3v) is 5.64. The van der Waals surface area contributed by atoms with E-state index in [1.165, 1.54) is 8.66 Å². The fourth-order valence-corrected chi connectivity index (χ4v) is 4.30. The molecule has 3 aromatic rings. The zero-order chi connectivity index (χ0) is 16.4. The maximum atomic E-state index is 5.68. The number of rotatable bonds is 5. The molecule has 6 nitrogen and oxygen atoms in total. The third-order valence-electron chi connectivity index (χ3n) is 4.03. The average molecular weight is 409 g/mol. The quantitative estimate of drug-likeness (QED) is 0.643. The second-order valence-corrected chi connectivity index (χ2v) is 8.28. The molecule has 0 bridgehead atoms. The van der Waals surface area contributed by atoms with Crippen molar-refractivity contribution in [3.8, 4) is 11.7 Å². The van der Waals surface area contributed by atoms with Crippen LogP contribution < -0.4 is 0 Å². The van der Waals surface area contributed by atoms with Crippen LogP contribution in [-0.4, -0.2) is 46.2 Å². The van der Waals surface area contributed by atoms with Crippen molar-refractivity contribution in [1.82, 2.24) is 20.0 Å². The van der Waals surface area contributed by atoms with Gasteiger partial charge in [0.1, 0.15) is 0 Å². The van der Waals surface area contributed by atoms with Gasteiger partial charge in [0.15, 0.2) is 5.76 Å². The van der Waals surface area contributed by atoms with Crippen molar-refractivity contribution in [3.05, 3.63) is 45.1 Å². The number of halogens is 1. The molecule has 0 amide bonds. The molecule has 0 aliphatic carbocycles. The summed E-state index contributed by atoms with van der Waals surface area (Å²) in [5.74, 6) is 1.69. The molecule has 3 aromatic heterocycles. The highest BCUT2D eigenvalue weighted by Crippen LogP contribution is 2.24. The molecule has 1 saturated heterocycles. The Morgan fingerprint density at radius 3 is 2.50 bits per heavy atom. The molecule has 1 aliphatic rings. The molecule has 1 fully saturated rings. The summed E-state index contributed by atoms with van der Waals surface area (Å²) in [6.45, 7) is 5.82. The smallest absolute Gasteiger partial charge is 0.283 e. The van der Waals surface area contributed by atoms with E-state index in [0.717, 1.165) is 32.7 Å². The van der Waals surface area contributed by atoms with Gasteiger partial charge in [-0.2, -0.15) is 0 Å². The normalized spacial score (nSPS) is 16.7. The zero-order valence-corrected chi connectivity index (χ0v) is 15.4. The van der Waals surface area contributed by atoms with Gasteiger partial charge in [-0.25, -0.2) is 0 Å². The Kier molecular flexibility index (Phi) is 4.79. The third kappa shape index (κ3) is 3.77. The van der Waals surface area contributed by atoms with E-state index < -0.39 is 0 Å². The highest BCUT2D eigenvalue weighted by atomic mass is 79.9. The molecule has 8 heteroatoms. The molecule has 0 atom stereocenters. The van der Waals surface area contributed by atoms with Crippen LogP contribution in [0.15, 0.2) is 43.1 Å². The summed E-state index contributed by atoms with van der Waals surface area (Å²) >= 11 is 5.33. The number of thiophene rings is 1. The fraction of sp³-hybridized carbons (Fsp3) is 0.375. The summed E-state index contributed by atoms with van der Waals surface area (Å²) in [5.41, 5.74) is 0. The average Bonchev–Trinajstić information content (AvgIpc) is 3.31. The molecule has 0 N–H and O–H groups in total. The molecule has 126 valence electrons. The standard InChI is InChI=1S/C16H17BrN4O2S/c17-14-4-3-12(24-14)10-20-5-7-21(8-6-20)11-15-18-19-16(23-15)13-2-1-9-22-13/h1-4,9H,5-8,10-11H2. The van der Waals surface area contributed by atoms with Crippen LogP contribution in [0.25, 0.3) is 11.7 Å². The number of nitrogens with zero attached hydrogens (tertiary/aromatic N) is 4. The van der Waals surface area contributed by atoms with Gasteiger partial charge in [0.25, 0.3) is 5.89 Å². The van der Waals surface area contributed by atoms with Crippen LogP contribution in [0, 0.1) is 0 Å². The summed E-state index contributed by atoms with van der Waals surface area (Å²) < 4.78 is 12.2. The Morgan fingerprint density at radius 2 is 1.83 bits per heavy atom. The minimum atomic E-state index is 0.442. The van der Waals surface area contributed by atoms with Gasteiger partial charge in [-0.1, -0.05) is 0 Å². The molecular formula is C16H17BrN4O2S. The Hall–Kier alpha value is -1.48. The molecule has 0 spiro atoms. The molecule has 0 aromatic carbocycles. The van der Waals surface area contributed by atoms with E-state index >= 15 is 0 Å². The lowest BCUT2D eigenvalue weighted by Gasteiger charge is -2.33. The molecule has 0 saturated carbocycles. The van der Waals surface area contributed by atoms with Gasteiger partial charge in [-0.05, 0) is 40.2 Å². The number of hydrogen-bond acceptors (Lipinski definition) is 7. The van der Waals surface area contributed by atoms with E-state index in [1.807, 2.05) is 12.1 Å². The topological polar surface area (TPSA) is 58.5 Å². The molecular weight excluding hydrogens is 392 g/mol. The van der Waals surface area contributed by atoms with Crippen molar-refractivity contribution >= 4 is 27.3 Å². The molecule has 24 heavy (non-hydrogen) atoms. The predicted octanol–water partition coefficient (Wildman–Crippen LogP) is 3.47. The lowest BCUT2D eigenvalue weighted by molar-refractivity contribution is 0.115. The second-order valence-electron chi connectivity index (χ2n) is 5.74. The van der Waals surface area contributed by atoms with E-state index in [-0.39, 0.29) is 0 Å². The van der Waals surface area contributed by atoms with E-state index in [1.54, 1.807) is 17.6 Å². The van der Waals surface area contributed by atoms with Gasteiger partial charge in [-0.15, -0.1) is 21.5 Å². The SMILES string of the molecule is Brc1ccc(CN2CCN(Cc3nnc(-c4ccco4)o3)CC2)s1. The highest BCUT2D eigenvalue weighted by molar-refractivity contribution is 9.11. The van der Waals surface area contributed by atoms with Gasteiger partial charge in [0.05, 0.1) is 16.6 Å². The largest absolute Gasteiger partial charge is 0.459 e. The number of furan rings is 1. The van der Waals surface area contributed by atoms with Gasteiger partial charge in [-0.3, -0.25) is 9.80 Å². The van der Waals surface area contributed by atoms with Gasteiger partial charge in [0, 0.05) is 37.6 Å². The molecule has 0 unspecified atom stereocenters. The fourth-order valence-electron chi connectivity index (χ4n) is 2.77. The van der Waals surface area contributed by atoms with Crippen LogP contribution in [0.2, 0.25) is 0 Å². The lowest BCUT2D eigenvalue weighted by atomic mass is 10.3. The monoisotopic (exact) mass is 408 g/mol. The van der Waals surface area contributed by atoms with Crippen molar-refractivity contribution in [2.24, 2.45) is 0 Å². The summed E-state index contributed by atoms with van der Waals surface area (Å²) in [5, 5.41) is 8.17. The van der Waals surface area contributed by atoms with Crippen molar-refractivity contribution in [2.45, 2.75) is 13.1 Å². The van der Waals surface area contributed by atoms with Crippen LogP contribution in [0.5, 0.6) is 0 Å². The first-order valence-electron chi connectivity index (χ1n) is 7.81. The summed E-state index contributed by atoms with van der Waals surface area (Å²) in [6.07, 6.45) is 1.60.